The van der Waals surface area contributed by atoms with Gasteiger partial charge in [0.15, 0.2) is 0 Å². The van der Waals surface area contributed by atoms with Gasteiger partial charge in [0.05, 0.1) is 6.61 Å². The van der Waals surface area contributed by atoms with Crippen LogP contribution in [-0.4, -0.2) is 40.0 Å². The highest BCUT2D eigenvalue weighted by Gasteiger charge is 2.52. The van der Waals surface area contributed by atoms with Gasteiger partial charge in [0.1, 0.15) is 0 Å². The van der Waals surface area contributed by atoms with Crippen molar-refractivity contribution in [3.63, 3.8) is 0 Å². The average Bonchev–Trinajstić information content (AvgIpc) is 2.94. The summed E-state index contributed by atoms with van der Waals surface area (Å²) in [5.41, 5.74) is 0.524. The maximum absolute atomic E-state index is 5.55. The summed E-state index contributed by atoms with van der Waals surface area (Å²) in [6.07, 6.45) is 5.57. The molecule has 0 spiro atoms. The summed E-state index contributed by atoms with van der Waals surface area (Å²) in [4.78, 5) is 0. The molecule has 0 bridgehead atoms. The van der Waals surface area contributed by atoms with Crippen molar-refractivity contribution < 1.29 is 9.47 Å². The molecule has 0 aliphatic heterocycles. The van der Waals surface area contributed by atoms with Crippen LogP contribution in [0.25, 0.3) is 0 Å². The predicted octanol–water partition coefficient (Wildman–Crippen LogP) is 2.07. The Balaban J connectivity index is 1.72. The molecule has 2 aliphatic rings. The van der Waals surface area contributed by atoms with Gasteiger partial charge in [0.2, 0.25) is 0 Å². The first-order valence-electron chi connectivity index (χ1n) is 7.07. The lowest BCUT2D eigenvalue weighted by atomic mass is 9.80. The van der Waals surface area contributed by atoms with Gasteiger partial charge in [-0.25, -0.2) is 0 Å². The van der Waals surface area contributed by atoms with Crippen LogP contribution in [0, 0.1) is 17.3 Å². The van der Waals surface area contributed by atoms with E-state index in [-0.39, 0.29) is 0 Å². The molecule has 2 fully saturated rings. The number of ether oxygens (including phenoxy) is 2. The number of hydrogen-bond acceptors (Lipinski definition) is 3. The molecule has 2 rings (SSSR count). The lowest BCUT2D eigenvalue weighted by Crippen LogP contribution is -2.36. The molecule has 3 heteroatoms. The number of methoxy groups -OCH3 is 1. The first-order valence-corrected chi connectivity index (χ1v) is 7.07. The molecule has 0 amide bonds. The van der Waals surface area contributed by atoms with Crippen LogP contribution in [-0.2, 0) is 9.47 Å². The normalized spacial score (nSPS) is 34.9. The molecule has 0 aromatic rings. The average molecular weight is 241 g/mol. The standard InChI is InChI=1S/C14H27NO2/c1-3-17-6-4-14(11-15-5-7-16-2)9-12-8-13(12)10-14/h12-13,15H,3-11H2,1-2H3. The molecule has 0 saturated heterocycles. The summed E-state index contributed by atoms with van der Waals surface area (Å²) in [6.45, 7) is 6.80. The first kappa shape index (κ1) is 13.3. The molecule has 0 aromatic carbocycles. The van der Waals surface area contributed by atoms with Gasteiger partial charge < -0.3 is 14.8 Å². The molecular formula is C14H27NO2. The van der Waals surface area contributed by atoms with E-state index in [1.54, 1.807) is 7.11 Å². The number of nitrogens with one attached hydrogen (secondary N) is 1. The van der Waals surface area contributed by atoms with Crippen molar-refractivity contribution in [2.75, 3.05) is 40.0 Å². The van der Waals surface area contributed by atoms with Crippen molar-refractivity contribution in [2.45, 2.75) is 32.6 Å². The summed E-state index contributed by atoms with van der Waals surface area (Å²) < 4.78 is 10.6. The fourth-order valence-electron chi connectivity index (χ4n) is 3.40. The second-order valence-corrected chi connectivity index (χ2v) is 5.78. The van der Waals surface area contributed by atoms with Crippen LogP contribution < -0.4 is 5.32 Å². The summed E-state index contributed by atoms with van der Waals surface area (Å²) >= 11 is 0. The fourth-order valence-corrected chi connectivity index (χ4v) is 3.40. The molecule has 0 aromatic heterocycles. The minimum Gasteiger partial charge on any atom is -0.383 e. The van der Waals surface area contributed by atoms with E-state index in [1.807, 2.05) is 0 Å². The van der Waals surface area contributed by atoms with Crippen LogP contribution in [0.1, 0.15) is 32.6 Å². The lowest BCUT2D eigenvalue weighted by molar-refractivity contribution is 0.0957. The van der Waals surface area contributed by atoms with E-state index in [0.29, 0.717) is 5.41 Å². The summed E-state index contributed by atoms with van der Waals surface area (Å²) in [5, 5.41) is 3.56. The fraction of sp³-hybridized carbons (Fsp3) is 1.00. The van der Waals surface area contributed by atoms with E-state index >= 15 is 0 Å². The van der Waals surface area contributed by atoms with Gasteiger partial charge in [-0.3, -0.25) is 0 Å². The zero-order valence-electron chi connectivity index (χ0n) is 11.3. The van der Waals surface area contributed by atoms with Gasteiger partial charge in [-0.05, 0) is 49.9 Å². The van der Waals surface area contributed by atoms with Gasteiger partial charge in [-0.2, -0.15) is 0 Å². The Hall–Kier alpha value is -0.120. The zero-order chi connectivity index (χ0) is 12.1. The Morgan fingerprint density at radius 2 is 2.00 bits per heavy atom. The monoisotopic (exact) mass is 241 g/mol. The molecular weight excluding hydrogens is 214 g/mol. The zero-order valence-corrected chi connectivity index (χ0v) is 11.3. The van der Waals surface area contributed by atoms with Gasteiger partial charge >= 0.3 is 0 Å². The summed E-state index contributed by atoms with van der Waals surface area (Å²) in [5.74, 6) is 2.08. The molecule has 0 heterocycles. The van der Waals surface area contributed by atoms with Crippen molar-refractivity contribution in [3.8, 4) is 0 Å². The van der Waals surface area contributed by atoms with Crippen LogP contribution in [0.3, 0.4) is 0 Å². The summed E-state index contributed by atoms with van der Waals surface area (Å²) in [7, 11) is 1.76. The quantitative estimate of drug-likeness (QED) is 0.627. The third-order valence-electron chi connectivity index (χ3n) is 4.42. The minimum absolute atomic E-state index is 0.524. The van der Waals surface area contributed by atoms with Crippen LogP contribution in [0.2, 0.25) is 0 Å². The second kappa shape index (κ2) is 6.17. The lowest BCUT2D eigenvalue weighted by Gasteiger charge is -2.31. The minimum atomic E-state index is 0.524. The topological polar surface area (TPSA) is 30.5 Å². The van der Waals surface area contributed by atoms with Gasteiger partial charge in [0, 0.05) is 33.4 Å². The molecule has 2 saturated carbocycles. The van der Waals surface area contributed by atoms with E-state index in [0.717, 1.165) is 44.7 Å². The van der Waals surface area contributed by atoms with Gasteiger partial charge in [0.25, 0.3) is 0 Å². The molecule has 2 unspecified atom stereocenters. The molecule has 2 aliphatic carbocycles. The van der Waals surface area contributed by atoms with Crippen molar-refractivity contribution in [1.82, 2.24) is 5.32 Å². The SMILES string of the molecule is CCOCCC1(CNCCOC)CC2CC2C1. The van der Waals surface area contributed by atoms with Crippen molar-refractivity contribution in [2.24, 2.45) is 17.3 Å². The Kier molecular flexibility index (Phi) is 4.83. The van der Waals surface area contributed by atoms with E-state index < -0.39 is 0 Å². The Morgan fingerprint density at radius 3 is 2.65 bits per heavy atom. The molecule has 2 atom stereocenters. The van der Waals surface area contributed by atoms with Gasteiger partial charge in [-0.1, -0.05) is 0 Å². The molecule has 17 heavy (non-hydrogen) atoms. The maximum Gasteiger partial charge on any atom is 0.0587 e. The Labute approximate surface area is 105 Å². The Morgan fingerprint density at radius 1 is 1.24 bits per heavy atom. The van der Waals surface area contributed by atoms with Crippen molar-refractivity contribution >= 4 is 0 Å². The molecule has 0 radical (unpaired) electrons. The molecule has 3 nitrogen and oxygen atoms in total. The number of fused-ring (bicyclic) bond motifs is 1. The van der Waals surface area contributed by atoms with Gasteiger partial charge in [-0.15, -0.1) is 0 Å². The van der Waals surface area contributed by atoms with E-state index in [2.05, 4.69) is 12.2 Å². The molecule has 100 valence electrons. The number of rotatable bonds is 9. The highest BCUT2D eigenvalue weighted by Crippen LogP contribution is 2.60. The highest BCUT2D eigenvalue weighted by molar-refractivity contribution is 5.04. The highest BCUT2D eigenvalue weighted by atomic mass is 16.5. The third kappa shape index (κ3) is 3.67. The van der Waals surface area contributed by atoms with Crippen LogP contribution in [0.15, 0.2) is 0 Å². The van der Waals surface area contributed by atoms with Crippen LogP contribution >= 0.6 is 0 Å². The van der Waals surface area contributed by atoms with Crippen LogP contribution in [0.4, 0.5) is 0 Å². The van der Waals surface area contributed by atoms with Crippen molar-refractivity contribution in [1.29, 1.82) is 0 Å². The molecule has 1 N–H and O–H groups in total. The predicted molar refractivity (Wildman–Crippen MR) is 69.1 cm³/mol. The maximum atomic E-state index is 5.55. The van der Waals surface area contributed by atoms with E-state index in [9.17, 15) is 0 Å². The van der Waals surface area contributed by atoms with Crippen LogP contribution in [0.5, 0.6) is 0 Å². The number of hydrogen-bond donors (Lipinski definition) is 1. The van der Waals surface area contributed by atoms with Crippen molar-refractivity contribution in [3.05, 3.63) is 0 Å². The Bertz CT molecular complexity index is 222. The first-order chi connectivity index (χ1) is 8.29. The smallest absolute Gasteiger partial charge is 0.0587 e. The summed E-state index contributed by atoms with van der Waals surface area (Å²) in [6, 6.07) is 0. The van der Waals surface area contributed by atoms with E-state index in [1.165, 1.54) is 25.7 Å². The third-order valence-corrected chi connectivity index (χ3v) is 4.42. The van der Waals surface area contributed by atoms with E-state index in [4.69, 9.17) is 9.47 Å². The largest absolute Gasteiger partial charge is 0.383 e. The second-order valence-electron chi connectivity index (χ2n) is 5.78.